The Labute approximate surface area is 116 Å². The lowest BCUT2D eigenvalue weighted by molar-refractivity contribution is 0.0518. The van der Waals surface area contributed by atoms with Crippen molar-refractivity contribution in [1.29, 1.82) is 0 Å². The molecule has 2 rings (SSSR count). The molecule has 0 bridgehead atoms. The number of halogens is 3. The summed E-state index contributed by atoms with van der Waals surface area (Å²) < 4.78 is 45.0. The molecule has 0 fully saturated rings. The van der Waals surface area contributed by atoms with Gasteiger partial charge < -0.3 is 4.74 Å². The zero-order valence-corrected chi connectivity index (χ0v) is 11.0. The van der Waals surface area contributed by atoms with Gasteiger partial charge in [-0.15, -0.1) is 0 Å². The highest BCUT2D eigenvalue weighted by atomic mass is 19.2. The number of hydrogen-bond donors (Lipinski definition) is 1. The van der Waals surface area contributed by atoms with Crippen LogP contribution in [0.15, 0.2) is 23.0 Å². The molecule has 1 N–H and O–H groups in total. The number of nitrogens with zero attached hydrogens (tertiary/aromatic N) is 1. The molecule has 0 aliphatic carbocycles. The van der Waals surface area contributed by atoms with E-state index >= 15 is 0 Å². The van der Waals surface area contributed by atoms with Gasteiger partial charge in [-0.1, -0.05) is 0 Å². The summed E-state index contributed by atoms with van der Waals surface area (Å²) >= 11 is 0. The van der Waals surface area contributed by atoms with Crippen LogP contribution in [0.2, 0.25) is 0 Å². The van der Waals surface area contributed by atoms with Gasteiger partial charge in [0.15, 0.2) is 11.6 Å². The van der Waals surface area contributed by atoms with E-state index in [9.17, 15) is 22.8 Å². The second kappa shape index (κ2) is 5.86. The van der Waals surface area contributed by atoms with Crippen molar-refractivity contribution >= 4 is 5.97 Å². The Hall–Kier alpha value is -2.51. The molecule has 1 aromatic carbocycles. The Kier molecular flexibility index (Phi) is 4.15. The molecule has 0 saturated heterocycles. The van der Waals surface area contributed by atoms with E-state index in [1.807, 2.05) is 0 Å². The van der Waals surface area contributed by atoms with Crippen molar-refractivity contribution in [3.63, 3.8) is 0 Å². The Morgan fingerprint density at radius 3 is 2.52 bits per heavy atom. The van der Waals surface area contributed by atoms with E-state index in [2.05, 4.69) is 5.10 Å². The van der Waals surface area contributed by atoms with Crippen molar-refractivity contribution in [3.05, 3.63) is 57.3 Å². The normalized spacial score (nSPS) is 10.7. The SMILES string of the molecule is CCOC(=O)c1cc(=O)n(Cc2cc(F)c(F)cc2F)[nH]1. The molecule has 1 aromatic heterocycles. The molecule has 0 aliphatic rings. The number of rotatable bonds is 4. The molecule has 21 heavy (non-hydrogen) atoms. The van der Waals surface area contributed by atoms with Crippen molar-refractivity contribution in [3.8, 4) is 0 Å². The van der Waals surface area contributed by atoms with Crippen molar-refractivity contribution in [2.24, 2.45) is 0 Å². The van der Waals surface area contributed by atoms with Crippen LogP contribution in [0, 0.1) is 17.5 Å². The molecule has 8 heteroatoms. The summed E-state index contributed by atoms with van der Waals surface area (Å²) in [5, 5.41) is 2.42. The van der Waals surface area contributed by atoms with Gasteiger partial charge in [-0.2, -0.15) is 0 Å². The Balaban J connectivity index is 2.30. The minimum atomic E-state index is -1.32. The highest BCUT2D eigenvalue weighted by Gasteiger charge is 2.15. The number of carbonyl (C=O) groups is 1. The molecule has 0 radical (unpaired) electrons. The zero-order valence-electron chi connectivity index (χ0n) is 11.0. The summed E-state index contributed by atoms with van der Waals surface area (Å²) in [5.41, 5.74) is -0.958. The van der Waals surface area contributed by atoms with Gasteiger partial charge >= 0.3 is 5.97 Å². The maximum Gasteiger partial charge on any atom is 0.356 e. The van der Waals surface area contributed by atoms with E-state index < -0.39 is 29.0 Å². The highest BCUT2D eigenvalue weighted by Crippen LogP contribution is 2.14. The van der Waals surface area contributed by atoms with E-state index in [1.54, 1.807) is 6.92 Å². The molecule has 0 spiro atoms. The van der Waals surface area contributed by atoms with Crippen LogP contribution in [-0.4, -0.2) is 22.4 Å². The maximum absolute atomic E-state index is 13.5. The van der Waals surface area contributed by atoms with Gasteiger partial charge in [-0.05, 0) is 13.0 Å². The highest BCUT2D eigenvalue weighted by molar-refractivity contribution is 5.86. The number of ether oxygens (including phenoxy) is 1. The van der Waals surface area contributed by atoms with E-state index in [1.165, 1.54) is 0 Å². The first-order valence-corrected chi connectivity index (χ1v) is 6.02. The largest absolute Gasteiger partial charge is 0.461 e. The Morgan fingerprint density at radius 1 is 1.19 bits per heavy atom. The second-order valence-electron chi connectivity index (χ2n) is 4.17. The predicted octanol–water partition coefficient (Wildman–Crippen LogP) is 1.82. The van der Waals surface area contributed by atoms with E-state index in [0.29, 0.717) is 12.1 Å². The van der Waals surface area contributed by atoms with Crippen LogP contribution in [0.5, 0.6) is 0 Å². The summed E-state index contributed by atoms with van der Waals surface area (Å²) in [6.07, 6.45) is 0. The lowest BCUT2D eigenvalue weighted by atomic mass is 10.2. The molecule has 112 valence electrons. The lowest BCUT2D eigenvalue weighted by Crippen LogP contribution is -2.17. The fraction of sp³-hybridized carbons (Fsp3) is 0.231. The van der Waals surface area contributed by atoms with E-state index in [0.717, 1.165) is 10.7 Å². The quantitative estimate of drug-likeness (QED) is 0.692. The van der Waals surface area contributed by atoms with Crippen LogP contribution < -0.4 is 5.56 Å². The third-order valence-corrected chi connectivity index (χ3v) is 2.70. The summed E-state index contributed by atoms with van der Waals surface area (Å²) in [7, 11) is 0. The van der Waals surface area contributed by atoms with Gasteiger partial charge in [0.1, 0.15) is 11.5 Å². The van der Waals surface area contributed by atoms with Crippen molar-refractivity contribution in [2.45, 2.75) is 13.5 Å². The van der Waals surface area contributed by atoms with Crippen LogP contribution in [0.25, 0.3) is 0 Å². The van der Waals surface area contributed by atoms with Gasteiger partial charge in [-0.25, -0.2) is 22.6 Å². The molecular weight excluding hydrogens is 289 g/mol. The van der Waals surface area contributed by atoms with Crippen molar-refractivity contribution in [1.82, 2.24) is 9.78 Å². The standard InChI is InChI=1S/C13H11F3N2O3/c1-2-21-13(20)11-5-12(19)18(17-11)6-7-3-9(15)10(16)4-8(7)14/h3-5,17H,2,6H2,1H3. The summed E-state index contributed by atoms with van der Waals surface area (Å²) in [4.78, 5) is 23.1. The van der Waals surface area contributed by atoms with Gasteiger partial charge in [0.05, 0.1) is 13.2 Å². The smallest absolute Gasteiger partial charge is 0.356 e. The van der Waals surface area contributed by atoms with Crippen molar-refractivity contribution in [2.75, 3.05) is 6.61 Å². The summed E-state index contributed by atoms with van der Waals surface area (Å²) in [6, 6.07) is 2.03. The molecule has 0 unspecified atom stereocenters. The molecule has 0 atom stereocenters. The van der Waals surface area contributed by atoms with Crippen molar-refractivity contribution < 1.29 is 22.7 Å². The molecule has 1 heterocycles. The van der Waals surface area contributed by atoms with Crippen LogP contribution in [0.3, 0.4) is 0 Å². The number of hydrogen-bond acceptors (Lipinski definition) is 3. The topological polar surface area (TPSA) is 64.1 Å². The number of nitrogens with one attached hydrogen (secondary N) is 1. The Morgan fingerprint density at radius 2 is 1.86 bits per heavy atom. The van der Waals surface area contributed by atoms with Gasteiger partial charge in [0.2, 0.25) is 0 Å². The van der Waals surface area contributed by atoms with Crippen LogP contribution in [-0.2, 0) is 11.3 Å². The molecule has 0 aliphatic heterocycles. The third kappa shape index (κ3) is 3.15. The van der Waals surface area contributed by atoms with Crippen LogP contribution in [0.1, 0.15) is 23.0 Å². The van der Waals surface area contributed by atoms with Crippen LogP contribution in [0.4, 0.5) is 13.2 Å². The fourth-order valence-electron chi connectivity index (χ4n) is 1.72. The number of carbonyl (C=O) groups excluding carboxylic acids is 1. The first kappa shape index (κ1) is 14.9. The third-order valence-electron chi connectivity index (χ3n) is 2.70. The average Bonchev–Trinajstić information content (AvgIpc) is 2.78. The fourth-order valence-corrected chi connectivity index (χ4v) is 1.72. The summed E-state index contributed by atoms with van der Waals surface area (Å²) in [6.45, 7) is 1.36. The molecule has 5 nitrogen and oxygen atoms in total. The first-order valence-electron chi connectivity index (χ1n) is 6.02. The van der Waals surface area contributed by atoms with E-state index in [4.69, 9.17) is 4.74 Å². The monoisotopic (exact) mass is 300 g/mol. The molecule has 0 saturated carbocycles. The first-order chi connectivity index (χ1) is 9.92. The summed E-state index contributed by atoms with van der Waals surface area (Å²) in [5.74, 6) is -4.27. The average molecular weight is 300 g/mol. The predicted molar refractivity (Wildman–Crippen MR) is 66.4 cm³/mol. The maximum atomic E-state index is 13.5. The minimum Gasteiger partial charge on any atom is -0.461 e. The van der Waals surface area contributed by atoms with E-state index in [-0.39, 0.29) is 24.4 Å². The van der Waals surface area contributed by atoms with Gasteiger partial charge in [0, 0.05) is 17.7 Å². The molecular formula is C13H11F3N2O3. The van der Waals surface area contributed by atoms with Gasteiger partial charge in [0.25, 0.3) is 5.56 Å². The second-order valence-corrected chi connectivity index (χ2v) is 4.17. The number of H-pyrrole nitrogens is 1. The lowest BCUT2D eigenvalue weighted by Gasteiger charge is -2.05. The minimum absolute atomic E-state index is 0.107. The number of aromatic amines is 1. The zero-order chi connectivity index (χ0) is 15.6. The Bertz CT molecular complexity index is 737. The molecule has 2 aromatic rings. The molecule has 0 amide bonds. The number of aromatic nitrogens is 2. The van der Waals surface area contributed by atoms with Gasteiger partial charge in [-0.3, -0.25) is 9.89 Å². The van der Waals surface area contributed by atoms with Crippen LogP contribution >= 0.6 is 0 Å². The number of benzene rings is 1. The number of esters is 1.